The number of anilines is 1. The molecule has 0 aliphatic rings. The van der Waals surface area contributed by atoms with Gasteiger partial charge in [-0.05, 0) is 12.1 Å². The number of aromatic nitrogens is 2. The minimum absolute atomic E-state index is 0.288. The van der Waals surface area contributed by atoms with Gasteiger partial charge in [0.2, 0.25) is 0 Å². The Balaban J connectivity index is 1.89. The molecule has 3 aromatic rings. The molecule has 3 rings (SSSR count). The molecule has 0 unspecified atom stereocenters. The fourth-order valence-electron chi connectivity index (χ4n) is 2.00. The van der Waals surface area contributed by atoms with Crippen LogP contribution < -0.4 is 14.8 Å². The molecule has 0 saturated heterocycles. The summed E-state index contributed by atoms with van der Waals surface area (Å²) in [5.74, 6) is 0.925. The van der Waals surface area contributed by atoms with Crippen molar-refractivity contribution in [3.63, 3.8) is 0 Å². The summed E-state index contributed by atoms with van der Waals surface area (Å²) < 4.78 is 10.7. The molecule has 1 aromatic carbocycles. The first-order valence-electron chi connectivity index (χ1n) is 6.60. The third kappa shape index (κ3) is 3.17. The number of ether oxygens (including phenoxy) is 2. The second kappa shape index (κ2) is 6.76. The van der Waals surface area contributed by atoms with Gasteiger partial charge in [0, 0.05) is 17.0 Å². The zero-order valence-electron chi connectivity index (χ0n) is 12.4. The Labute approximate surface area is 140 Å². The molecule has 0 saturated carbocycles. The summed E-state index contributed by atoms with van der Waals surface area (Å²) in [6, 6.07) is 5.54. The van der Waals surface area contributed by atoms with E-state index in [0.29, 0.717) is 27.3 Å². The maximum atomic E-state index is 12.2. The number of amides is 1. The highest BCUT2D eigenvalue weighted by atomic mass is 32.1. The molecule has 8 heteroatoms. The Kier molecular flexibility index (Phi) is 4.54. The molecule has 0 bridgehead atoms. The van der Waals surface area contributed by atoms with E-state index in [-0.39, 0.29) is 5.91 Å². The number of rotatable bonds is 5. The summed E-state index contributed by atoms with van der Waals surface area (Å²) in [7, 11) is 3.15. The number of nitrogens with one attached hydrogen (secondary N) is 1. The van der Waals surface area contributed by atoms with E-state index in [1.807, 2.05) is 18.2 Å². The van der Waals surface area contributed by atoms with Crippen molar-refractivity contribution in [3.05, 3.63) is 40.8 Å². The third-order valence-electron chi connectivity index (χ3n) is 3.02. The van der Waals surface area contributed by atoms with E-state index in [9.17, 15) is 4.79 Å². The van der Waals surface area contributed by atoms with Crippen LogP contribution in [0.4, 0.5) is 5.13 Å². The normalized spacial score (nSPS) is 10.3. The summed E-state index contributed by atoms with van der Waals surface area (Å²) in [4.78, 5) is 20.6. The molecule has 0 aliphatic carbocycles. The van der Waals surface area contributed by atoms with Gasteiger partial charge in [-0.2, -0.15) is 0 Å². The topological polar surface area (TPSA) is 73.3 Å². The predicted octanol–water partition coefficient (Wildman–Crippen LogP) is 3.54. The Bertz CT molecular complexity index is 815. The van der Waals surface area contributed by atoms with E-state index in [4.69, 9.17) is 9.47 Å². The van der Waals surface area contributed by atoms with Gasteiger partial charge in [0.25, 0.3) is 5.91 Å². The number of carbonyl (C=O) groups is 1. The average Bonchev–Trinajstić information content (AvgIpc) is 3.25. The van der Waals surface area contributed by atoms with Crippen LogP contribution in [0.5, 0.6) is 11.5 Å². The second-order valence-electron chi connectivity index (χ2n) is 4.37. The van der Waals surface area contributed by atoms with Crippen molar-refractivity contribution in [3.8, 4) is 22.1 Å². The van der Waals surface area contributed by atoms with Gasteiger partial charge in [0.1, 0.15) is 10.7 Å². The van der Waals surface area contributed by atoms with Crippen molar-refractivity contribution in [2.24, 2.45) is 0 Å². The van der Waals surface area contributed by atoms with Crippen molar-refractivity contribution < 1.29 is 14.3 Å². The molecule has 0 radical (unpaired) electrons. The molecule has 6 nitrogen and oxygen atoms in total. The lowest BCUT2D eigenvalue weighted by atomic mass is 10.2. The highest BCUT2D eigenvalue weighted by Crippen LogP contribution is 2.39. The van der Waals surface area contributed by atoms with Gasteiger partial charge in [-0.3, -0.25) is 10.1 Å². The number of thiazole rings is 2. The van der Waals surface area contributed by atoms with Gasteiger partial charge in [-0.1, -0.05) is 6.07 Å². The van der Waals surface area contributed by atoms with Crippen LogP contribution in [-0.2, 0) is 0 Å². The number of benzene rings is 1. The molecular weight excluding hydrogens is 334 g/mol. The lowest BCUT2D eigenvalue weighted by Crippen LogP contribution is -2.11. The van der Waals surface area contributed by atoms with Crippen molar-refractivity contribution in [1.82, 2.24) is 9.97 Å². The van der Waals surface area contributed by atoms with Gasteiger partial charge < -0.3 is 9.47 Å². The van der Waals surface area contributed by atoms with E-state index in [1.165, 1.54) is 22.7 Å². The number of nitrogens with zero attached hydrogens (tertiary/aromatic N) is 2. The maximum absolute atomic E-state index is 12.2. The van der Waals surface area contributed by atoms with Crippen molar-refractivity contribution in [1.29, 1.82) is 0 Å². The summed E-state index contributed by atoms with van der Waals surface area (Å²) in [5.41, 5.74) is 1.12. The van der Waals surface area contributed by atoms with Crippen LogP contribution in [0, 0.1) is 0 Å². The molecule has 2 heterocycles. The van der Waals surface area contributed by atoms with Gasteiger partial charge >= 0.3 is 0 Å². The van der Waals surface area contributed by atoms with Crippen LogP contribution in [0.15, 0.2) is 35.2 Å². The van der Waals surface area contributed by atoms with Crippen LogP contribution >= 0.6 is 22.7 Å². The number of carbonyl (C=O) groups excluding carboxylic acids is 1. The first-order valence-corrected chi connectivity index (χ1v) is 8.36. The standard InChI is InChI=1S/C15H13N3O3S2/c1-20-11-5-3-4-9(12(11)21-2)14-17-10(8-23-14)13(19)18-15-16-6-7-22-15/h3-8H,1-2H3,(H,16,18,19). The Hall–Kier alpha value is -2.45. The smallest absolute Gasteiger partial charge is 0.276 e. The maximum Gasteiger partial charge on any atom is 0.276 e. The summed E-state index contributed by atoms with van der Waals surface area (Å²) in [6.07, 6.45) is 1.63. The number of methoxy groups -OCH3 is 2. The highest BCUT2D eigenvalue weighted by Gasteiger charge is 2.17. The van der Waals surface area contributed by atoms with Gasteiger partial charge in [-0.15, -0.1) is 22.7 Å². The first kappa shape index (κ1) is 15.4. The summed E-state index contributed by atoms with van der Waals surface area (Å²) in [6.45, 7) is 0. The van der Waals surface area contributed by atoms with Gasteiger partial charge in [0.05, 0.1) is 19.8 Å². The lowest BCUT2D eigenvalue weighted by molar-refractivity contribution is 0.102. The minimum Gasteiger partial charge on any atom is -0.493 e. The van der Waals surface area contributed by atoms with Gasteiger partial charge in [0.15, 0.2) is 16.6 Å². The molecule has 0 atom stereocenters. The fraction of sp³-hybridized carbons (Fsp3) is 0.133. The van der Waals surface area contributed by atoms with E-state index in [0.717, 1.165) is 5.56 Å². The van der Waals surface area contributed by atoms with Crippen LogP contribution in [0.2, 0.25) is 0 Å². The molecule has 2 aromatic heterocycles. The number of para-hydroxylation sites is 1. The average molecular weight is 347 g/mol. The summed E-state index contributed by atoms with van der Waals surface area (Å²) >= 11 is 2.72. The first-order chi connectivity index (χ1) is 11.2. The van der Waals surface area contributed by atoms with Crippen LogP contribution in [0.25, 0.3) is 10.6 Å². The number of hydrogen-bond donors (Lipinski definition) is 1. The van der Waals surface area contributed by atoms with Crippen LogP contribution in [0.3, 0.4) is 0 Å². The van der Waals surface area contributed by atoms with E-state index < -0.39 is 0 Å². The Morgan fingerprint density at radius 1 is 1.22 bits per heavy atom. The Morgan fingerprint density at radius 2 is 2.09 bits per heavy atom. The van der Waals surface area contributed by atoms with E-state index >= 15 is 0 Å². The molecule has 118 valence electrons. The molecule has 0 aliphatic heterocycles. The molecule has 23 heavy (non-hydrogen) atoms. The van der Waals surface area contributed by atoms with Crippen molar-refractivity contribution in [2.45, 2.75) is 0 Å². The molecule has 1 amide bonds. The highest BCUT2D eigenvalue weighted by molar-refractivity contribution is 7.14. The zero-order valence-corrected chi connectivity index (χ0v) is 14.0. The SMILES string of the molecule is COc1cccc(-c2nc(C(=O)Nc3nccs3)cs2)c1OC. The van der Waals surface area contributed by atoms with Crippen LogP contribution in [0.1, 0.15) is 10.5 Å². The quantitative estimate of drug-likeness (QED) is 0.764. The van der Waals surface area contributed by atoms with E-state index in [2.05, 4.69) is 15.3 Å². The van der Waals surface area contributed by atoms with Crippen molar-refractivity contribution >= 4 is 33.7 Å². The zero-order chi connectivity index (χ0) is 16.2. The monoisotopic (exact) mass is 347 g/mol. The molecule has 0 fully saturated rings. The van der Waals surface area contributed by atoms with Crippen LogP contribution in [-0.4, -0.2) is 30.1 Å². The molecule has 0 spiro atoms. The Morgan fingerprint density at radius 3 is 2.78 bits per heavy atom. The third-order valence-corrected chi connectivity index (χ3v) is 4.59. The predicted molar refractivity (Wildman–Crippen MR) is 90.7 cm³/mol. The summed E-state index contributed by atoms with van der Waals surface area (Å²) in [5, 5.41) is 7.44. The number of hydrogen-bond acceptors (Lipinski definition) is 7. The fourth-order valence-corrected chi connectivity index (χ4v) is 3.35. The van der Waals surface area contributed by atoms with E-state index in [1.54, 1.807) is 31.2 Å². The lowest BCUT2D eigenvalue weighted by Gasteiger charge is -2.10. The second-order valence-corrected chi connectivity index (χ2v) is 6.12. The largest absolute Gasteiger partial charge is 0.493 e. The van der Waals surface area contributed by atoms with Crippen molar-refractivity contribution in [2.75, 3.05) is 19.5 Å². The van der Waals surface area contributed by atoms with Gasteiger partial charge in [-0.25, -0.2) is 9.97 Å². The minimum atomic E-state index is -0.288. The molecule has 1 N–H and O–H groups in total. The molecular formula is C15H13N3O3S2.